The van der Waals surface area contributed by atoms with Crippen molar-refractivity contribution in [2.45, 2.75) is 39.7 Å². The van der Waals surface area contributed by atoms with Crippen LogP contribution in [0.25, 0.3) is 0 Å². The molecule has 0 radical (unpaired) electrons. The fourth-order valence-electron chi connectivity index (χ4n) is 2.77. The van der Waals surface area contributed by atoms with Crippen LogP contribution in [0.1, 0.15) is 43.6 Å². The molecule has 1 fully saturated rings. The van der Waals surface area contributed by atoms with E-state index in [1.54, 1.807) is 11.3 Å². The minimum absolute atomic E-state index is 0.131. The molecule has 1 aliphatic heterocycles. The first-order chi connectivity index (χ1) is 10.1. The van der Waals surface area contributed by atoms with Gasteiger partial charge >= 0.3 is 0 Å². The fourth-order valence-corrected chi connectivity index (χ4v) is 3.62. The van der Waals surface area contributed by atoms with Crippen molar-refractivity contribution in [1.29, 1.82) is 0 Å². The zero-order valence-electron chi connectivity index (χ0n) is 12.8. The summed E-state index contributed by atoms with van der Waals surface area (Å²) in [5, 5.41) is 10.8. The molecule has 0 aliphatic carbocycles. The number of amides is 1. The van der Waals surface area contributed by atoms with E-state index in [2.05, 4.69) is 25.7 Å². The van der Waals surface area contributed by atoms with Gasteiger partial charge in [-0.15, -0.1) is 11.3 Å². The summed E-state index contributed by atoms with van der Waals surface area (Å²) in [7, 11) is 0. The van der Waals surface area contributed by atoms with Crippen LogP contribution in [0.5, 0.6) is 0 Å². The monoisotopic (exact) mass is 305 g/mol. The zero-order valence-corrected chi connectivity index (χ0v) is 13.6. The second kappa shape index (κ2) is 7.63. The molecule has 114 valence electrons. The summed E-state index contributed by atoms with van der Waals surface area (Å²) in [6, 6.07) is 1.96. The lowest BCUT2D eigenvalue weighted by molar-refractivity contribution is -0.131. The number of carbonyl (C=O) groups excluding carboxylic acids is 1. The van der Waals surface area contributed by atoms with Crippen LogP contribution in [0.3, 0.4) is 0 Å². The summed E-state index contributed by atoms with van der Waals surface area (Å²) in [6.45, 7) is 5.84. The predicted octanol–water partition coefficient (Wildman–Crippen LogP) is 2.88. The van der Waals surface area contributed by atoms with E-state index < -0.39 is 0 Å². The van der Waals surface area contributed by atoms with Crippen LogP contribution in [0.2, 0.25) is 0 Å². The Bertz CT molecular complexity index is 538. The van der Waals surface area contributed by atoms with Crippen LogP contribution in [-0.4, -0.2) is 29.1 Å². The largest absolute Gasteiger partial charge is 0.384 e. The van der Waals surface area contributed by atoms with E-state index in [-0.39, 0.29) is 12.5 Å². The maximum atomic E-state index is 12.3. The quantitative estimate of drug-likeness (QED) is 0.872. The Labute approximate surface area is 131 Å². The smallest absolute Gasteiger partial charge is 0.222 e. The average molecular weight is 305 g/mol. The standard InChI is InChI=1S/C17H23NO2S/c1-13(2)14-5-6-17(20)18(9-7-14)12-16-15(4-3-10-19)8-11-21-16/h8,11,13-14,19H,5-7,9-10,12H2,1-2H3. The van der Waals surface area contributed by atoms with Crippen molar-refractivity contribution in [1.82, 2.24) is 4.90 Å². The molecule has 1 aromatic rings. The van der Waals surface area contributed by atoms with Crippen molar-refractivity contribution in [2.24, 2.45) is 11.8 Å². The minimum atomic E-state index is -0.131. The predicted molar refractivity (Wildman–Crippen MR) is 85.9 cm³/mol. The Morgan fingerprint density at radius 3 is 3.00 bits per heavy atom. The van der Waals surface area contributed by atoms with Crippen molar-refractivity contribution in [3.63, 3.8) is 0 Å². The highest BCUT2D eigenvalue weighted by Gasteiger charge is 2.24. The van der Waals surface area contributed by atoms with Crippen LogP contribution in [0.4, 0.5) is 0 Å². The molecule has 0 saturated carbocycles. The topological polar surface area (TPSA) is 40.5 Å². The van der Waals surface area contributed by atoms with E-state index in [0.717, 1.165) is 29.8 Å². The second-order valence-electron chi connectivity index (χ2n) is 5.86. The van der Waals surface area contributed by atoms with Gasteiger partial charge in [0.1, 0.15) is 6.61 Å². The van der Waals surface area contributed by atoms with Gasteiger partial charge in [-0.2, -0.15) is 0 Å². The molecule has 1 atom stereocenters. The van der Waals surface area contributed by atoms with E-state index in [9.17, 15) is 4.79 Å². The van der Waals surface area contributed by atoms with Crippen LogP contribution in [0, 0.1) is 23.7 Å². The van der Waals surface area contributed by atoms with Crippen LogP contribution in [-0.2, 0) is 11.3 Å². The van der Waals surface area contributed by atoms with Crippen LogP contribution >= 0.6 is 11.3 Å². The second-order valence-corrected chi connectivity index (χ2v) is 6.86. The molecule has 1 aliphatic rings. The number of thiophene rings is 1. The van der Waals surface area contributed by atoms with Crippen LogP contribution in [0.15, 0.2) is 11.4 Å². The molecule has 1 unspecified atom stereocenters. The number of hydrogen-bond donors (Lipinski definition) is 1. The van der Waals surface area contributed by atoms with Gasteiger partial charge in [-0.05, 0) is 36.1 Å². The van der Waals surface area contributed by atoms with E-state index >= 15 is 0 Å². The van der Waals surface area contributed by atoms with E-state index in [1.807, 2.05) is 16.3 Å². The third-order valence-electron chi connectivity index (χ3n) is 4.18. The lowest BCUT2D eigenvalue weighted by Gasteiger charge is -2.21. The molecule has 1 aromatic heterocycles. The van der Waals surface area contributed by atoms with Gasteiger partial charge in [0.05, 0.1) is 6.54 Å². The number of aliphatic hydroxyl groups is 1. The minimum Gasteiger partial charge on any atom is -0.384 e. The normalized spacial score (nSPS) is 19.3. The van der Waals surface area contributed by atoms with Gasteiger partial charge in [0, 0.05) is 23.4 Å². The molecule has 0 aromatic carbocycles. The summed E-state index contributed by atoms with van der Waals surface area (Å²) in [6.07, 6.45) is 2.76. The van der Waals surface area contributed by atoms with Gasteiger partial charge < -0.3 is 10.0 Å². The van der Waals surface area contributed by atoms with Crippen molar-refractivity contribution in [3.8, 4) is 11.8 Å². The van der Waals surface area contributed by atoms with Gasteiger partial charge in [-0.3, -0.25) is 4.79 Å². The molecule has 3 nitrogen and oxygen atoms in total. The Morgan fingerprint density at radius 1 is 1.48 bits per heavy atom. The summed E-state index contributed by atoms with van der Waals surface area (Å²) >= 11 is 1.63. The van der Waals surface area contributed by atoms with Gasteiger partial charge in [0.2, 0.25) is 5.91 Å². The highest BCUT2D eigenvalue weighted by atomic mass is 32.1. The highest BCUT2D eigenvalue weighted by Crippen LogP contribution is 2.27. The molecular weight excluding hydrogens is 282 g/mol. The van der Waals surface area contributed by atoms with Crippen molar-refractivity contribution in [3.05, 3.63) is 21.9 Å². The fraction of sp³-hybridized carbons (Fsp3) is 0.588. The molecule has 0 bridgehead atoms. The maximum Gasteiger partial charge on any atom is 0.222 e. The average Bonchev–Trinajstić information content (AvgIpc) is 2.81. The molecule has 21 heavy (non-hydrogen) atoms. The summed E-state index contributed by atoms with van der Waals surface area (Å²) in [5.41, 5.74) is 0.937. The number of likely N-dealkylation sites (tertiary alicyclic amines) is 1. The number of rotatable bonds is 3. The number of hydrogen-bond acceptors (Lipinski definition) is 3. The highest BCUT2D eigenvalue weighted by molar-refractivity contribution is 7.10. The Hall–Kier alpha value is -1.31. The van der Waals surface area contributed by atoms with Gasteiger partial charge in [-0.25, -0.2) is 0 Å². The molecular formula is C17H23NO2S. The third-order valence-corrected chi connectivity index (χ3v) is 5.08. The third kappa shape index (κ3) is 4.33. The molecule has 2 rings (SSSR count). The zero-order chi connectivity index (χ0) is 15.2. The maximum absolute atomic E-state index is 12.3. The summed E-state index contributed by atoms with van der Waals surface area (Å²) in [4.78, 5) is 15.4. The van der Waals surface area contributed by atoms with Gasteiger partial charge in [0.15, 0.2) is 0 Å². The van der Waals surface area contributed by atoms with Gasteiger partial charge in [0.25, 0.3) is 0 Å². The SMILES string of the molecule is CC(C)C1CCC(=O)N(Cc2sccc2C#CCO)CC1. The first-order valence-electron chi connectivity index (χ1n) is 7.55. The molecule has 4 heteroatoms. The Balaban J connectivity index is 2.05. The number of carbonyl (C=O) groups is 1. The number of nitrogens with zero attached hydrogens (tertiary/aromatic N) is 1. The Kier molecular flexibility index (Phi) is 5.84. The lowest BCUT2D eigenvalue weighted by Crippen LogP contribution is -2.29. The first kappa shape index (κ1) is 16.1. The Morgan fingerprint density at radius 2 is 2.29 bits per heavy atom. The van der Waals surface area contributed by atoms with Crippen molar-refractivity contribution in [2.75, 3.05) is 13.2 Å². The summed E-state index contributed by atoms with van der Waals surface area (Å²) in [5.74, 6) is 7.20. The van der Waals surface area contributed by atoms with Crippen molar-refractivity contribution < 1.29 is 9.90 Å². The van der Waals surface area contributed by atoms with E-state index in [0.29, 0.717) is 24.8 Å². The van der Waals surface area contributed by atoms with E-state index in [4.69, 9.17) is 5.11 Å². The molecule has 1 N–H and O–H groups in total. The summed E-state index contributed by atoms with van der Waals surface area (Å²) < 4.78 is 0. The van der Waals surface area contributed by atoms with Gasteiger partial charge in [-0.1, -0.05) is 25.7 Å². The van der Waals surface area contributed by atoms with E-state index in [1.165, 1.54) is 0 Å². The van der Waals surface area contributed by atoms with Crippen molar-refractivity contribution >= 4 is 17.2 Å². The molecule has 1 saturated heterocycles. The molecule has 2 heterocycles. The molecule has 1 amide bonds. The number of aliphatic hydroxyl groups excluding tert-OH is 1. The lowest BCUT2D eigenvalue weighted by atomic mass is 9.89. The molecule has 0 spiro atoms. The first-order valence-corrected chi connectivity index (χ1v) is 8.43. The van der Waals surface area contributed by atoms with Crippen LogP contribution < -0.4 is 0 Å².